The highest BCUT2D eigenvalue weighted by molar-refractivity contribution is 7.09. The van der Waals surface area contributed by atoms with Crippen LogP contribution in [0.5, 0.6) is 0 Å². The molecule has 9 heteroatoms. The van der Waals surface area contributed by atoms with E-state index < -0.39 is 29.2 Å². The van der Waals surface area contributed by atoms with Crippen molar-refractivity contribution in [1.29, 1.82) is 0 Å². The number of fused-ring (bicyclic) bond motifs is 5. The van der Waals surface area contributed by atoms with Crippen LogP contribution in [0.2, 0.25) is 0 Å². The lowest BCUT2D eigenvalue weighted by molar-refractivity contribution is -0.200. The topological polar surface area (TPSA) is 104 Å². The van der Waals surface area contributed by atoms with E-state index in [1.807, 2.05) is 51.1 Å². The monoisotopic (exact) mass is 589 g/mol. The molecular weight excluding hydrogens is 545 g/mol. The van der Waals surface area contributed by atoms with E-state index in [0.29, 0.717) is 26.0 Å². The van der Waals surface area contributed by atoms with Gasteiger partial charge in [0.2, 0.25) is 0 Å². The predicted octanol–water partition coefficient (Wildman–Crippen LogP) is 4.52. The van der Waals surface area contributed by atoms with E-state index in [-0.39, 0.29) is 47.6 Å². The molecule has 0 bridgehead atoms. The van der Waals surface area contributed by atoms with Crippen molar-refractivity contribution in [3.05, 3.63) is 46.2 Å². The molecule has 0 radical (unpaired) electrons. The maximum absolute atomic E-state index is 16.9. The van der Waals surface area contributed by atoms with Crippen LogP contribution in [-0.4, -0.2) is 71.2 Å². The highest BCUT2D eigenvalue weighted by atomic mass is 32.1. The second kappa shape index (κ2) is 12.2. The zero-order chi connectivity index (χ0) is 30.2. The van der Waals surface area contributed by atoms with Crippen LogP contribution in [0.3, 0.4) is 0 Å². The number of carbonyl (C=O) groups is 3. The highest BCUT2D eigenvalue weighted by Gasteiger charge is 2.71. The molecule has 0 spiro atoms. The van der Waals surface area contributed by atoms with E-state index in [4.69, 9.17) is 4.74 Å². The van der Waals surface area contributed by atoms with Crippen LogP contribution in [0.15, 0.2) is 41.3 Å². The van der Waals surface area contributed by atoms with Crippen LogP contribution < -0.4 is 0 Å². The SMILES string of the molecule is CCOC(=O)CN(C)Cc1cccs1.C[C@H]1CC2C3CC[C@H](C(=O)CO)[C@@]3(C)C[C@H](O)[C@]2(F)[C@@]2(C)C=CC(=O)C=C12. The Hall–Kier alpha value is -2.20. The van der Waals surface area contributed by atoms with Crippen molar-refractivity contribution in [2.75, 3.05) is 26.8 Å². The van der Waals surface area contributed by atoms with Gasteiger partial charge in [0.15, 0.2) is 17.2 Å². The lowest BCUT2D eigenvalue weighted by atomic mass is 9.43. The van der Waals surface area contributed by atoms with Gasteiger partial charge < -0.3 is 14.9 Å². The summed E-state index contributed by atoms with van der Waals surface area (Å²) in [5.74, 6) is -1.16. The van der Waals surface area contributed by atoms with Gasteiger partial charge in [-0.1, -0.05) is 31.6 Å². The molecule has 0 saturated heterocycles. The van der Waals surface area contributed by atoms with Gasteiger partial charge in [-0.2, -0.15) is 0 Å². The number of likely N-dealkylation sites (N-methyl/N-ethyl adjacent to an activating group) is 1. The first kappa shape index (κ1) is 31.7. The van der Waals surface area contributed by atoms with Crippen molar-refractivity contribution in [1.82, 2.24) is 4.90 Å². The third kappa shape index (κ3) is 5.63. The molecule has 3 saturated carbocycles. The number of ether oxygens (including phenoxy) is 1. The van der Waals surface area contributed by atoms with Crippen molar-refractivity contribution in [2.45, 2.75) is 71.7 Å². The van der Waals surface area contributed by atoms with Gasteiger partial charge in [-0.25, -0.2) is 4.39 Å². The van der Waals surface area contributed by atoms with Crippen LogP contribution in [-0.2, 0) is 25.7 Å². The number of carbonyl (C=O) groups excluding carboxylic acids is 3. The average molecular weight is 590 g/mol. The van der Waals surface area contributed by atoms with Crippen molar-refractivity contribution >= 4 is 28.9 Å². The molecule has 4 aliphatic carbocycles. The van der Waals surface area contributed by atoms with Gasteiger partial charge in [0, 0.05) is 28.7 Å². The van der Waals surface area contributed by atoms with E-state index >= 15 is 4.39 Å². The Balaban J connectivity index is 0.000000234. The van der Waals surface area contributed by atoms with Crippen molar-refractivity contribution in [3.8, 4) is 0 Å². The molecule has 0 amide bonds. The van der Waals surface area contributed by atoms with Crippen molar-refractivity contribution in [2.24, 2.45) is 34.5 Å². The van der Waals surface area contributed by atoms with Crippen molar-refractivity contribution in [3.63, 3.8) is 0 Å². The number of hydrogen-bond donors (Lipinski definition) is 2. The number of rotatable bonds is 7. The standard InChI is InChI=1S/C22H29FO4.C10H15NO2S/c1-12-8-17-14-4-5-15(18(26)11-24)20(14,2)10-19(27)22(17,23)21(3)7-6-13(25)9-16(12)21;1-3-13-10(12)8-11(2)7-9-5-4-6-14-9/h6-7,9,12,14-15,17,19,24,27H,4-5,8,10-11H2,1-3H3;4-6H,3,7-8H2,1-2H3/t12-,14?,15+,17?,19-,20-,21-,22-;/m0./s1. The number of aliphatic hydroxyl groups excluding tert-OH is 2. The number of hydrogen-bond acceptors (Lipinski definition) is 8. The van der Waals surface area contributed by atoms with Gasteiger partial charge in [0.05, 0.1) is 19.3 Å². The van der Waals surface area contributed by atoms with Gasteiger partial charge in [0.1, 0.15) is 6.61 Å². The summed E-state index contributed by atoms with van der Waals surface area (Å²) in [6.45, 7) is 8.75. The summed E-state index contributed by atoms with van der Waals surface area (Å²) in [5.41, 5.74) is -2.59. The summed E-state index contributed by atoms with van der Waals surface area (Å²) in [7, 11) is 1.91. The van der Waals surface area contributed by atoms with Gasteiger partial charge in [-0.05, 0) is 87.4 Å². The normalized spacial score (nSPS) is 37.3. The van der Waals surface area contributed by atoms with Crippen LogP contribution in [0.25, 0.3) is 0 Å². The molecule has 1 aromatic rings. The summed E-state index contributed by atoms with van der Waals surface area (Å²) < 4.78 is 21.7. The second-order valence-electron chi connectivity index (χ2n) is 12.7. The molecule has 1 aromatic heterocycles. The number of aliphatic hydroxyl groups is 2. The van der Waals surface area contributed by atoms with Crippen LogP contribution in [0.1, 0.15) is 58.3 Å². The molecule has 226 valence electrons. The number of ketones is 2. The minimum Gasteiger partial charge on any atom is -0.465 e. The lowest BCUT2D eigenvalue weighted by Gasteiger charge is -2.63. The first-order valence-corrected chi connectivity index (χ1v) is 15.5. The fourth-order valence-corrected chi connectivity index (χ4v) is 9.17. The molecule has 5 rings (SSSR count). The Kier molecular flexibility index (Phi) is 9.43. The van der Waals surface area contributed by atoms with Gasteiger partial charge in [-0.15, -0.1) is 11.3 Å². The molecule has 2 unspecified atom stereocenters. The maximum Gasteiger partial charge on any atom is 0.320 e. The summed E-state index contributed by atoms with van der Waals surface area (Å²) in [6.07, 6.45) is 5.57. The Morgan fingerprint density at radius 3 is 2.61 bits per heavy atom. The summed E-state index contributed by atoms with van der Waals surface area (Å²) in [4.78, 5) is 38.6. The molecule has 8 atom stereocenters. The molecule has 2 N–H and O–H groups in total. The second-order valence-corrected chi connectivity index (χ2v) is 13.7. The average Bonchev–Trinajstić information content (AvgIpc) is 3.54. The molecular formula is C32H44FNO6S. The summed E-state index contributed by atoms with van der Waals surface area (Å²) in [5, 5.41) is 22.5. The molecule has 0 aromatic carbocycles. The quantitative estimate of drug-likeness (QED) is 0.451. The zero-order valence-electron chi connectivity index (χ0n) is 24.8. The highest BCUT2D eigenvalue weighted by Crippen LogP contribution is 2.69. The maximum atomic E-state index is 16.9. The predicted molar refractivity (Wildman–Crippen MR) is 156 cm³/mol. The van der Waals surface area contributed by atoms with Crippen LogP contribution in [0.4, 0.5) is 4.39 Å². The molecule has 0 aliphatic heterocycles. The van der Waals surface area contributed by atoms with Gasteiger partial charge in [-0.3, -0.25) is 19.3 Å². The zero-order valence-corrected chi connectivity index (χ0v) is 25.6. The molecule has 4 aliphatic rings. The minimum atomic E-state index is -1.86. The third-order valence-corrected chi connectivity index (χ3v) is 11.1. The third-order valence-electron chi connectivity index (χ3n) is 10.2. The van der Waals surface area contributed by atoms with E-state index in [2.05, 4.69) is 6.07 Å². The number of allylic oxidation sites excluding steroid dienone is 4. The largest absolute Gasteiger partial charge is 0.465 e. The Labute approximate surface area is 246 Å². The number of thiophene rings is 1. The minimum absolute atomic E-state index is 0.0155. The first-order chi connectivity index (χ1) is 19.3. The fourth-order valence-electron chi connectivity index (χ4n) is 8.39. The first-order valence-electron chi connectivity index (χ1n) is 14.6. The number of esters is 1. The Morgan fingerprint density at radius 2 is 1.98 bits per heavy atom. The van der Waals surface area contributed by atoms with Crippen LogP contribution >= 0.6 is 11.3 Å². The molecule has 41 heavy (non-hydrogen) atoms. The molecule has 7 nitrogen and oxygen atoms in total. The molecule has 3 fully saturated rings. The van der Waals surface area contributed by atoms with Gasteiger partial charge in [0.25, 0.3) is 0 Å². The van der Waals surface area contributed by atoms with E-state index in [0.717, 1.165) is 18.5 Å². The Morgan fingerprint density at radius 1 is 1.24 bits per heavy atom. The molecule has 1 heterocycles. The fraction of sp³-hybridized carbons (Fsp3) is 0.656. The number of Topliss-reactive ketones (excluding diaryl/α,β-unsaturated/α-hetero) is 1. The van der Waals surface area contributed by atoms with E-state index in [1.54, 1.807) is 23.5 Å². The van der Waals surface area contributed by atoms with Crippen molar-refractivity contribution < 1.29 is 33.7 Å². The van der Waals surface area contributed by atoms with E-state index in [1.165, 1.54) is 11.0 Å². The van der Waals surface area contributed by atoms with E-state index in [9.17, 15) is 24.6 Å². The van der Waals surface area contributed by atoms with Gasteiger partial charge >= 0.3 is 5.97 Å². The Bertz CT molecular complexity index is 1200. The summed E-state index contributed by atoms with van der Waals surface area (Å²) >= 11 is 1.70. The summed E-state index contributed by atoms with van der Waals surface area (Å²) in [6, 6.07) is 4.07. The number of halogens is 1. The lowest BCUT2D eigenvalue weighted by Crippen LogP contribution is -2.67. The van der Waals surface area contributed by atoms with Crippen LogP contribution in [0, 0.1) is 34.5 Å². The number of alkyl halides is 1. The smallest absolute Gasteiger partial charge is 0.320 e. The number of nitrogens with zero attached hydrogens (tertiary/aromatic N) is 1.